The minimum absolute atomic E-state index is 0.178. The SMILES string of the molecule is CCN(CC)C(=O)[C@@H]1CCC[NH+](Cc2ccc(Br)o2)C1. The molecule has 1 unspecified atom stereocenters. The molecular formula is C15H24BrN2O2+. The van der Waals surface area contributed by atoms with Gasteiger partial charge in [-0.15, -0.1) is 0 Å². The van der Waals surface area contributed by atoms with Crippen molar-refractivity contribution in [1.82, 2.24) is 4.90 Å². The van der Waals surface area contributed by atoms with Crippen LogP contribution in [0.15, 0.2) is 21.2 Å². The molecule has 0 spiro atoms. The predicted molar refractivity (Wildman–Crippen MR) is 81.5 cm³/mol. The van der Waals surface area contributed by atoms with Gasteiger partial charge >= 0.3 is 0 Å². The summed E-state index contributed by atoms with van der Waals surface area (Å²) < 4.78 is 6.35. The van der Waals surface area contributed by atoms with Crippen LogP contribution in [0.5, 0.6) is 0 Å². The van der Waals surface area contributed by atoms with Crippen LogP contribution >= 0.6 is 15.9 Å². The van der Waals surface area contributed by atoms with Crippen LogP contribution < -0.4 is 4.90 Å². The minimum atomic E-state index is 0.178. The molecule has 1 aliphatic rings. The van der Waals surface area contributed by atoms with E-state index in [-0.39, 0.29) is 5.92 Å². The highest BCUT2D eigenvalue weighted by atomic mass is 79.9. The smallest absolute Gasteiger partial charge is 0.231 e. The van der Waals surface area contributed by atoms with Gasteiger partial charge in [-0.3, -0.25) is 4.79 Å². The zero-order valence-electron chi connectivity index (χ0n) is 12.3. The molecule has 1 amide bonds. The Morgan fingerprint density at radius 2 is 2.20 bits per heavy atom. The predicted octanol–water partition coefficient (Wildman–Crippen LogP) is 1.71. The van der Waals surface area contributed by atoms with Crippen molar-refractivity contribution in [2.24, 2.45) is 5.92 Å². The summed E-state index contributed by atoms with van der Waals surface area (Å²) in [6, 6.07) is 3.93. The number of carbonyl (C=O) groups is 1. The fourth-order valence-electron chi connectivity index (χ4n) is 3.01. The average molecular weight is 344 g/mol. The molecule has 1 saturated heterocycles. The highest BCUT2D eigenvalue weighted by molar-refractivity contribution is 9.10. The molecule has 20 heavy (non-hydrogen) atoms. The normalized spacial score (nSPS) is 22.8. The van der Waals surface area contributed by atoms with Crippen LogP contribution in [-0.4, -0.2) is 37.0 Å². The fraction of sp³-hybridized carbons (Fsp3) is 0.667. The van der Waals surface area contributed by atoms with Crippen LogP contribution in [0.1, 0.15) is 32.4 Å². The van der Waals surface area contributed by atoms with Gasteiger partial charge in [-0.05, 0) is 54.8 Å². The summed E-state index contributed by atoms with van der Waals surface area (Å²) >= 11 is 3.33. The number of nitrogens with one attached hydrogen (secondary N) is 1. The van der Waals surface area contributed by atoms with Gasteiger partial charge in [-0.2, -0.15) is 0 Å². The first-order valence-electron chi connectivity index (χ1n) is 7.50. The molecule has 1 aromatic heterocycles. The number of nitrogens with zero attached hydrogens (tertiary/aromatic N) is 1. The molecule has 0 bridgehead atoms. The van der Waals surface area contributed by atoms with Crippen LogP contribution in [-0.2, 0) is 11.3 Å². The molecule has 1 N–H and O–H groups in total. The van der Waals surface area contributed by atoms with E-state index in [2.05, 4.69) is 29.8 Å². The first-order chi connectivity index (χ1) is 9.63. The van der Waals surface area contributed by atoms with E-state index in [1.807, 2.05) is 17.0 Å². The second kappa shape index (κ2) is 7.27. The molecule has 1 aromatic rings. The number of amides is 1. The summed E-state index contributed by atoms with van der Waals surface area (Å²) in [5, 5.41) is 0. The molecule has 1 fully saturated rings. The van der Waals surface area contributed by atoms with Crippen molar-refractivity contribution in [3.63, 3.8) is 0 Å². The molecule has 0 saturated carbocycles. The summed E-state index contributed by atoms with van der Waals surface area (Å²) in [6.45, 7) is 8.64. The van der Waals surface area contributed by atoms with E-state index in [1.165, 1.54) is 4.90 Å². The number of rotatable bonds is 5. The van der Waals surface area contributed by atoms with Crippen LogP contribution in [0, 0.1) is 5.92 Å². The van der Waals surface area contributed by atoms with Crippen molar-refractivity contribution in [2.45, 2.75) is 33.2 Å². The number of hydrogen-bond acceptors (Lipinski definition) is 2. The molecule has 2 rings (SSSR count). The number of halogens is 1. The molecule has 112 valence electrons. The summed E-state index contributed by atoms with van der Waals surface area (Å²) in [6.07, 6.45) is 2.15. The Kier molecular flexibility index (Phi) is 5.66. The Hall–Kier alpha value is -0.810. The van der Waals surface area contributed by atoms with Gasteiger partial charge in [0.05, 0.1) is 19.0 Å². The van der Waals surface area contributed by atoms with Crippen molar-refractivity contribution in [1.29, 1.82) is 0 Å². The van der Waals surface area contributed by atoms with Crippen LogP contribution in [0.3, 0.4) is 0 Å². The second-order valence-corrected chi connectivity index (χ2v) is 6.22. The Balaban J connectivity index is 1.92. The first kappa shape index (κ1) is 15.6. The van der Waals surface area contributed by atoms with E-state index < -0.39 is 0 Å². The van der Waals surface area contributed by atoms with Gasteiger partial charge in [0.25, 0.3) is 0 Å². The van der Waals surface area contributed by atoms with E-state index in [4.69, 9.17) is 4.42 Å². The molecule has 4 nitrogen and oxygen atoms in total. The summed E-state index contributed by atoms with van der Waals surface area (Å²) in [7, 11) is 0. The highest BCUT2D eigenvalue weighted by Crippen LogP contribution is 2.15. The second-order valence-electron chi connectivity index (χ2n) is 5.44. The zero-order valence-corrected chi connectivity index (χ0v) is 13.9. The summed E-state index contributed by atoms with van der Waals surface area (Å²) in [4.78, 5) is 15.8. The van der Waals surface area contributed by atoms with Crippen molar-refractivity contribution in [2.75, 3.05) is 26.2 Å². The molecule has 5 heteroatoms. The van der Waals surface area contributed by atoms with Crippen molar-refractivity contribution in [3.05, 3.63) is 22.6 Å². The van der Waals surface area contributed by atoms with E-state index in [0.29, 0.717) is 5.91 Å². The van der Waals surface area contributed by atoms with Gasteiger partial charge < -0.3 is 14.2 Å². The molecule has 0 aliphatic carbocycles. The van der Waals surface area contributed by atoms with Crippen molar-refractivity contribution >= 4 is 21.8 Å². The van der Waals surface area contributed by atoms with E-state index in [9.17, 15) is 4.79 Å². The number of carbonyl (C=O) groups excluding carboxylic acids is 1. The van der Waals surface area contributed by atoms with Crippen molar-refractivity contribution < 1.29 is 14.1 Å². The largest absolute Gasteiger partial charge is 0.448 e. The summed E-state index contributed by atoms with van der Waals surface area (Å²) in [5.41, 5.74) is 0. The van der Waals surface area contributed by atoms with E-state index >= 15 is 0 Å². The Labute approximate surface area is 129 Å². The molecule has 0 aromatic carbocycles. The maximum atomic E-state index is 12.4. The fourth-order valence-corrected chi connectivity index (χ4v) is 3.35. The van der Waals surface area contributed by atoms with Crippen LogP contribution in [0.4, 0.5) is 0 Å². The van der Waals surface area contributed by atoms with Crippen molar-refractivity contribution in [3.8, 4) is 0 Å². The molecule has 0 radical (unpaired) electrons. The molecule has 2 atom stereocenters. The van der Waals surface area contributed by atoms with Gasteiger partial charge in [0, 0.05) is 13.1 Å². The molecule has 2 heterocycles. The lowest BCUT2D eigenvalue weighted by atomic mass is 9.96. The summed E-state index contributed by atoms with van der Waals surface area (Å²) in [5.74, 6) is 1.49. The lowest BCUT2D eigenvalue weighted by molar-refractivity contribution is -0.922. The van der Waals surface area contributed by atoms with E-state index in [1.54, 1.807) is 0 Å². The Morgan fingerprint density at radius 1 is 1.45 bits per heavy atom. The third kappa shape index (κ3) is 3.85. The lowest BCUT2D eigenvalue weighted by Gasteiger charge is -2.31. The number of quaternary nitrogens is 1. The number of furan rings is 1. The highest BCUT2D eigenvalue weighted by Gasteiger charge is 2.31. The van der Waals surface area contributed by atoms with Gasteiger partial charge in [0.15, 0.2) is 10.4 Å². The third-order valence-corrected chi connectivity index (χ3v) is 4.52. The van der Waals surface area contributed by atoms with Crippen LogP contribution in [0.2, 0.25) is 0 Å². The first-order valence-corrected chi connectivity index (χ1v) is 8.29. The van der Waals surface area contributed by atoms with Gasteiger partial charge in [0.2, 0.25) is 5.91 Å². The quantitative estimate of drug-likeness (QED) is 0.883. The maximum Gasteiger partial charge on any atom is 0.231 e. The number of likely N-dealkylation sites (tertiary alicyclic amines) is 1. The number of hydrogen-bond donors (Lipinski definition) is 1. The van der Waals surface area contributed by atoms with E-state index in [0.717, 1.165) is 56.0 Å². The maximum absolute atomic E-state index is 12.4. The molecule has 1 aliphatic heterocycles. The average Bonchev–Trinajstić information content (AvgIpc) is 2.85. The van der Waals surface area contributed by atoms with Gasteiger partial charge in [-0.25, -0.2) is 0 Å². The number of piperidine rings is 1. The minimum Gasteiger partial charge on any atom is -0.448 e. The third-order valence-electron chi connectivity index (χ3n) is 4.10. The Morgan fingerprint density at radius 3 is 2.80 bits per heavy atom. The topological polar surface area (TPSA) is 37.9 Å². The van der Waals surface area contributed by atoms with Gasteiger partial charge in [0.1, 0.15) is 6.54 Å². The van der Waals surface area contributed by atoms with Crippen LogP contribution in [0.25, 0.3) is 0 Å². The standard InChI is InChI=1S/C15H23BrN2O2/c1-3-18(4-2)15(19)12-6-5-9-17(10-12)11-13-7-8-14(16)20-13/h7-8,12H,3-6,9-11H2,1-2H3/p+1/t12-/m1/s1. The zero-order chi connectivity index (χ0) is 14.5. The Bertz CT molecular complexity index is 443. The monoisotopic (exact) mass is 343 g/mol. The van der Waals surface area contributed by atoms with Gasteiger partial charge in [-0.1, -0.05) is 0 Å². The lowest BCUT2D eigenvalue weighted by Crippen LogP contribution is -3.12. The molecular weight excluding hydrogens is 320 g/mol.